The first-order valence-corrected chi connectivity index (χ1v) is 12.9. The highest BCUT2D eigenvalue weighted by Crippen LogP contribution is 2.42. The number of hydrogen-bond donors (Lipinski definition) is 1. The third kappa shape index (κ3) is 5.47. The molecule has 0 aliphatic carbocycles. The highest BCUT2D eigenvalue weighted by atomic mass is 19.1. The molecule has 0 spiro atoms. The van der Waals surface area contributed by atoms with Crippen molar-refractivity contribution >= 4 is 5.91 Å². The Kier molecular flexibility index (Phi) is 7.98. The van der Waals surface area contributed by atoms with E-state index in [1.807, 2.05) is 17.0 Å². The van der Waals surface area contributed by atoms with E-state index in [1.54, 1.807) is 18.2 Å². The Morgan fingerprint density at radius 3 is 2.50 bits per heavy atom. The first kappa shape index (κ1) is 24.9. The predicted molar refractivity (Wildman–Crippen MR) is 136 cm³/mol. The monoisotopic (exact) mass is 491 g/mol. The predicted octanol–water partition coefficient (Wildman–Crippen LogP) is 2.31. The number of carbonyl (C=O) groups excluding carboxylic acids is 1. The standard InChI is InChI=1S/C29H34FN3O3/c30-25-6-2-1-5-23(25)10-7-22-8-11-24(12-9-22)29-26-19-32(13-3-4-14-33(26)27(29)21-34)28(35)20-31-15-17-36-18-16-31/h1-2,5-6,8-9,11-12,26-27,29,34H,3-4,13-21H2/t26-,27-,29+/m1/s1. The molecule has 5 rings (SSSR count). The van der Waals surface area contributed by atoms with Crippen molar-refractivity contribution in [1.29, 1.82) is 0 Å². The summed E-state index contributed by atoms with van der Waals surface area (Å²) < 4.78 is 19.3. The number of morpholine rings is 1. The summed E-state index contributed by atoms with van der Waals surface area (Å²) in [5.41, 5.74) is 2.35. The van der Waals surface area contributed by atoms with Gasteiger partial charge in [-0.3, -0.25) is 14.6 Å². The van der Waals surface area contributed by atoms with Gasteiger partial charge in [-0.15, -0.1) is 0 Å². The van der Waals surface area contributed by atoms with E-state index < -0.39 is 0 Å². The quantitative estimate of drug-likeness (QED) is 0.666. The fourth-order valence-corrected chi connectivity index (χ4v) is 5.71. The first-order valence-electron chi connectivity index (χ1n) is 12.9. The van der Waals surface area contributed by atoms with Crippen LogP contribution in [-0.4, -0.2) is 96.9 Å². The number of rotatable bonds is 4. The van der Waals surface area contributed by atoms with Crippen LogP contribution in [0, 0.1) is 17.7 Å². The van der Waals surface area contributed by atoms with Crippen molar-refractivity contribution in [1.82, 2.24) is 14.7 Å². The van der Waals surface area contributed by atoms with Crippen LogP contribution in [0.5, 0.6) is 0 Å². The molecule has 1 amide bonds. The minimum Gasteiger partial charge on any atom is -0.395 e. The van der Waals surface area contributed by atoms with E-state index in [4.69, 9.17) is 4.74 Å². The van der Waals surface area contributed by atoms with Crippen LogP contribution >= 0.6 is 0 Å². The Morgan fingerprint density at radius 2 is 1.75 bits per heavy atom. The van der Waals surface area contributed by atoms with E-state index in [-0.39, 0.29) is 36.3 Å². The number of hydrogen-bond acceptors (Lipinski definition) is 5. The van der Waals surface area contributed by atoms with Gasteiger partial charge in [0.15, 0.2) is 0 Å². The minimum atomic E-state index is -0.320. The van der Waals surface area contributed by atoms with Crippen molar-refractivity contribution in [2.45, 2.75) is 30.8 Å². The van der Waals surface area contributed by atoms with Gasteiger partial charge < -0.3 is 14.7 Å². The molecule has 0 unspecified atom stereocenters. The van der Waals surface area contributed by atoms with Crippen LogP contribution in [0.2, 0.25) is 0 Å². The van der Waals surface area contributed by atoms with Crippen molar-refractivity contribution in [3.63, 3.8) is 0 Å². The molecule has 3 heterocycles. The SMILES string of the molecule is O=C(CN1CCOCC1)N1CCCCN2[C@H](CO)[C@@H](c3ccc(C#Cc4ccccc4F)cc3)[C@H]2C1. The third-order valence-electron chi connectivity index (χ3n) is 7.70. The lowest BCUT2D eigenvalue weighted by Crippen LogP contribution is -2.68. The second-order valence-corrected chi connectivity index (χ2v) is 9.87. The van der Waals surface area contributed by atoms with Crippen LogP contribution in [0.1, 0.15) is 35.4 Å². The summed E-state index contributed by atoms with van der Waals surface area (Å²) in [6.07, 6.45) is 2.00. The number of nitrogens with zero attached hydrogens (tertiary/aromatic N) is 3. The molecule has 0 saturated carbocycles. The largest absolute Gasteiger partial charge is 0.395 e. The Bertz CT molecular complexity index is 1110. The average Bonchev–Trinajstić information content (AvgIpc) is 2.88. The van der Waals surface area contributed by atoms with E-state index in [9.17, 15) is 14.3 Å². The van der Waals surface area contributed by atoms with Crippen LogP contribution in [0.15, 0.2) is 48.5 Å². The molecule has 0 radical (unpaired) electrons. The Hall–Kier alpha value is -2.76. The lowest BCUT2D eigenvalue weighted by atomic mass is 9.74. The highest BCUT2D eigenvalue weighted by molar-refractivity contribution is 5.78. The Balaban J connectivity index is 1.30. The van der Waals surface area contributed by atoms with Crippen molar-refractivity contribution in [2.75, 3.05) is 59.1 Å². The molecular weight excluding hydrogens is 457 g/mol. The van der Waals surface area contributed by atoms with Gasteiger partial charge in [0.05, 0.1) is 31.9 Å². The van der Waals surface area contributed by atoms with Gasteiger partial charge in [-0.1, -0.05) is 36.1 Å². The van der Waals surface area contributed by atoms with Crippen molar-refractivity contribution < 1.29 is 19.0 Å². The normalized spacial score (nSPS) is 25.1. The van der Waals surface area contributed by atoms with Crippen LogP contribution in [-0.2, 0) is 9.53 Å². The van der Waals surface area contributed by atoms with E-state index in [0.29, 0.717) is 31.9 Å². The number of aliphatic hydroxyl groups is 1. The second-order valence-electron chi connectivity index (χ2n) is 9.87. The van der Waals surface area contributed by atoms with Crippen LogP contribution in [0.25, 0.3) is 0 Å². The zero-order chi connectivity index (χ0) is 24.9. The molecule has 2 aromatic rings. The highest BCUT2D eigenvalue weighted by Gasteiger charge is 2.49. The molecule has 0 bridgehead atoms. The van der Waals surface area contributed by atoms with Crippen LogP contribution in [0.3, 0.4) is 0 Å². The van der Waals surface area contributed by atoms with Gasteiger partial charge in [-0.05, 0) is 49.2 Å². The maximum absolute atomic E-state index is 13.9. The Morgan fingerprint density at radius 1 is 1.00 bits per heavy atom. The topological polar surface area (TPSA) is 56.2 Å². The maximum Gasteiger partial charge on any atom is 0.236 e. The summed E-state index contributed by atoms with van der Waals surface area (Å²) in [5, 5.41) is 10.2. The Labute approximate surface area is 212 Å². The lowest BCUT2D eigenvalue weighted by Gasteiger charge is -2.57. The molecule has 36 heavy (non-hydrogen) atoms. The summed E-state index contributed by atoms with van der Waals surface area (Å²) in [6, 6.07) is 14.8. The van der Waals surface area contributed by atoms with Gasteiger partial charge in [0.2, 0.25) is 5.91 Å². The summed E-state index contributed by atoms with van der Waals surface area (Å²) in [6.45, 7) is 5.93. The summed E-state index contributed by atoms with van der Waals surface area (Å²) in [5.74, 6) is 5.97. The fraction of sp³-hybridized carbons (Fsp3) is 0.483. The number of aliphatic hydroxyl groups excluding tert-OH is 1. The zero-order valence-corrected chi connectivity index (χ0v) is 20.6. The van der Waals surface area contributed by atoms with Crippen LogP contribution in [0.4, 0.5) is 4.39 Å². The fourth-order valence-electron chi connectivity index (χ4n) is 5.71. The minimum absolute atomic E-state index is 0.0552. The third-order valence-corrected chi connectivity index (χ3v) is 7.70. The molecule has 1 N–H and O–H groups in total. The molecule has 3 aliphatic heterocycles. The summed E-state index contributed by atoms with van der Waals surface area (Å²) in [4.78, 5) is 19.8. The molecule has 6 nitrogen and oxygen atoms in total. The van der Waals surface area contributed by atoms with Gasteiger partial charge in [0.25, 0.3) is 0 Å². The van der Waals surface area contributed by atoms with Gasteiger partial charge >= 0.3 is 0 Å². The van der Waals surface area contributed by atoms with Gasteiger partial charge in [0.1, 0.15) is 5.82 Å². The first-order chi connectivity index (χ1) is 17.6. The second kappa shape index (κ2) is 11.5. The number of carbonyl (C=O) groups is 1. The van der Waals surface area contributed by atoms with E-state index >= 15 is 0 Å². The maximum atomic E-state index is 13.9. The van der Waals surface area contributed by atoms with Gasteiger partial charge in [-0.25, -0.2) is 4.39 Å². The van der Waals surface area contributed by atoms with E-state index in [2.05, 4.69) is 33.8 Å². The molecule has 2 aromatic carbocycles. The molecule has 190 valence electrons. The number of benzene rings is 2. The molecule has 0 aromatic heterocycles. The van der Waals surface area contributed by atoms with Crippen molar-refractivity contribution in [3.05, 3.63) is 71.0 Å². The number of fused-ring (bicyclic) bond motifs is 1. The summed E-state index contributed by atoms with van der Waals surface area (Å²) >= 11 is 0. The van der Waals surface area contributed by atoms with Crippen molar-refractivity contribution in [2.24, 2.45) is 0 Å². The molecule has 3 aliphatic rings. The molecule has 3 fully saturated rings. The lowest BCUT2D eigenvalue weighted by molar-refractivity contribution is -0.138. The van der Waals surface area contributed by atoms with Crippen molar-refractivity contribution in [3.8, 4) is 11.8 Å². The van der Waals surface area contributed by atoms with E-state index in [0.717, 1.165) is 50.1 Å². The smallest absolute Gasteiger partial charge is 0.236 e. The number of amides is 1. The van der Waals surface area contributed by atoms with Gasteiger partial charge in [0, 0.05) is 49.7 Å². The number of ether oxygens (including phenoxy) is 1. The van der Waals surface area contributed by atoms with E-state index in [1.165, 1.54) is 6.07 Å². The molecular formula is C29H34FN3O3. The summed E-state index contributed by atoms with van der Waals surface area (Å²) in [7, 11) is 0. The van der Waals surface area contributed by atoms with Gasteiger partial charge in [-0.2, -0.15) is 0 Å². The van der Waals surface area contributed by atoms with Crippen LogP contribution < -0.4 is 0 Å². The average molecular weight is 492 g/mol. The molecule has 3 atom stereocenters. The zero-order valence-electron chi connectivity index (χ0n) is 20.6. The number of halogens is 1. The molecule has 3 saturated heterocycles. The molecule has 7 heteroatoms.